The maximum Gasteiger partial charge on any atom is 0.216 e. The first-order valence-electron chi connectivity index (χ1n) is 8.00. The molecule has 118 valence electrons. The molecule has 0 atom stereocenters. The van der Waals surface area contributed by atoms with E-state index in [2.05, 4.69) is 43.5 Å². The van der Waals surface area contributed by atoms with Crippen LogP contribution in [0.1, 0.15) is 15.9 Å². The molecule has 1 aromatic heterocycles. The number of rotatable bonds is 6. The monoisotopic (exact) mass is 307 g/mol. The number of fused-ring (bicyclic) bond motifs is 1. The summed E-state index contributed by atoms with van der Waals surface area (Å²) < 4.78 is 0.688. The van der Waals surface area contributed by atoms with Crippen LogP contribution in [0.2, 0.25) is 0 Å². The number of carbonyl (C=O) groups is 1. The summed E-state index contributed by atoms with van der Waals surface area (Å²) in [6.45, 7) is 1.45. The van der Waals surface area contributed by atoms with Crippen LogP contribution >= 0.6 is 0 Å². The maximum absolute atomic E-state index is 12.4. The number of likely N-dealkylation sites (N-methyl/N-ethyl adjacent to an activating group) is 1. The molecule has 1 heterocycles. The zero-order valence-electron chi connectivity index (χ0n) is 13.8. The van der Waals surface area contributed by atoms with Gasteiger partial charge in [-0.05, 0) is 11.6 Å². The van der Waals surface area contributed by atoms with Gasteiger partial charge in [0.05, 0.1) is 20.6 Å². The van der Waals surface area contributed by atoms with E-state index < -0.39 is 0 Å². The summed E-state index contributed by atoms with van der Waals surface area (Å²) in [4.78, 5) is 15.7. The Labute approximate surface area is 137 Å². The summed E-state index contributed by atoms with van der Waals surface area (Å²) >= 11 is 0. The van der Waals surface area contributed by atoms with Gasteiger partial charge in [0.15, 0.2) is 0 Å². The van der Waals surface area contributed by atoms with Gasteiger partial charge in [-0.15, -0.1) is 0 Å². The van der Waals surface area contributed by atoms with Crippen LogP contribution in [0.4, 0.5) is 0 Å². The number of aromatic nitrogens is 1. The number of carbonyl (C=O) groups excluding carboxylic acids is 1. The van der Waals surface area contributed by atoms with Crippen LogP contribution in [0.5, 0.6) is 0 Å². The molecule has 0 amide bonds. The Hall–Kier alpha value is -2.39. The molecule has 0 saturated heterocycles. The number of ketones is 1. The van der Waals surface area contributed by atoms with Gasteiger partial charge in [0.1, 0.15) is 6.54 Å². The highest BCUT2D eigenvalue weighted by Gasteiger charge is 2.21. The van der Waals surface area contributed by atoms with Crippen molar-refractivity contribution in [3.63, 3.8) is 0 Å². The Bertz CT molecular complexity index is 803. The molecular weight excluding hydrogens is 284 g/mol. The van der Waals surface area contributed by atoms with E-state index in [1.807, 2.05) is 36.4 Å². The first-order valence-corrected chi connectivity index (χ1v) is 8.00. The number of H-pyrrole nitrogens is 1. The fourth-order valence-corrected chi connectivity index (χ4v) is 2.94. The molecule has 23 heavy (non-hydrogen) atoms. The average Bonchev–Trinajstić information content (AvgIpc) is 2.97. The zero-order valence-corrected chi connectivity index (χ0v) is 13.8. The van der Waals surface area contributed by atoms with Gasteiger partial charge in [0, 0.05) is 29.1 Å². The lowest BCUT2D eigenvalue weighted by Gasteiger charge is -2.29. The normalized spacial score (nSPS) is 11.7. The van der Waals surface area contributed by atoms with E-state index in [1.165, 1.54) is 16.5 Å². The smallest absolute Gasteiger partial charge is 0.216 e. The predicted octanol–water partition coefficient (Wildman–Crippen LogP) is 3.67. The fourth-order valence-electron chi connectivity index (χ4n) is 2.94. The molecule has 0 aliphatic rings. The number of hydrogen-bond acceptors (Lipinski definition) is 1. The molecule has 0 unspecified atom stereocenters. The lowest BCUT2D eigenvalue weighted by atomic mass is 10.1. The number of nitrogens with zero attached hydrogens (tertiary/aromatic N) is 1. The van der Waals surface area contributed by atoms with E-state index in [4.69, 9.17) is 0 Å². The molecule has 3 rings (SSSR count). The molecule has 3 aromatic rings. The van der Waals surface area contributed by atoms with Gasteiger partial charge in [0.25, 0.3) is 0 Å². The van der Waals surface area contributed by atoms with Crippen molar-refractivity contribution in [2.75, 3.05) is 27.2 Å². The topological polar surface area (TPSA) is 32.9 Å². The largest absolute Gasteiger partial charge is 0.361 e. The van der Waals surface area contributed by atoms with E-state index in [9.17, 15) is 4.79 Å². The summed E-state index contributed by atoms with van der Waals surface area (Å²) in [7, 11) is 4.24. The summed E-state index contributed by atoms with van der Waals surface area (Å²) in [5.41, 5.74) is 3.29. The molecule has 0 aliphatic heterocycles. The van der Waals surface area contributed by atoms with Gasteiger partial charge in [0.2, 0.25) is 5.78 Å². The molecule has 3 heteroatoms. The van der Waals surface area contributed by atoms with Crippen LogP contribution in [0.3, 0.4) is 0 Å². The second-order valence-corrected chi connectivity index (χ2v) is 6.72. The predicted molar refractivity (Wildman–Crippen MR) is 94.6 cm³/mol. The van der Waals surface area contributed by atoms with E-state index in [0.29, 0.717) is 11.0 Å². The first kappa shape index (κ1) is 15.5. The van der Waals surface area contributed by atoms with E-state index >= 15 is 0 Å². The minimum Gasteiger partial charge on any atom is -0.361 e. The molecular formula is C20H23N2O+. The highest BCUT2D eigenvalue weighted by atomic mass is 16.1. The summed E-state index contributed by atoms with van der Waals surface area (Å²) in [5, 5.41) is 1.28. The van der Waals surface area contributed by atoms with E-state index in [-0.39, 0.29) is 5.78 Å². The van der Waals surface area contributed by atoms with Crippen molar-refractivity contribution in [1.82, 2.24) is 4.98 Å². The van der Waals surface area contributed by atoms with Crippen LogP contribution in [-0.4, -0.2) is 42.4 Å². The van der Waals surface area contributed by atoms with Gasteiger partial charge in [-0.1, -0.05) is 48.5 Å². The average molecular weight is 307 g/mol. The SMILES string of the molecule is C[N+](C)(CCc1c[nH]c2ccccc12)CC(=O)c1ccccc1. The maximum atomic E-state index is 12.4. The van der Waals surface area contributed by atoms with Crippen molar-refractivity contribution in [2.24, 2.45) is 0 Å². The molecule has 0 fully saturated rings. The first-order chi connectivity index (χ1) is 11.1. The van der Waals surface area contributed by atoms with Crippen molar-refractivity contribution in [2.45, 2.75) is 6.42 Å². The van der Waals surface area contributed by atoms with Crippen molar-refractivity contribution in [1.29, 1.82) is 0 Å². The Morgan fingerprint density at radius 1 is 1.00 bits per heavy atom. The molecule has 0 spiro atoms. The highest BCUT2D eigenvalue weighted by Crippen LogP contribution is 2.19. The summed E-state index contributed by atoms with van der Waals surface area (Å²) in [5.74, 6) is 0.203. The molecule has 0 bridgehead atoms. The third kappa shape index (κ3) is 3.69. The number of nitrogens with one attached hydrogen (secondary N) is 1. The number of hydrogen-bond donors (Lipinski definition) is 1. The van der Waals surface area contributed by atoms with Crippen molar-refractivity contribution in [3.05, 3.63) is 71.9 Å². The standard InChI is InChI=1S/C20H23N2O/c1-22(2,15-20(23)16-8-4-3-5-9-16)13-12-17-14-21-19-11-7-6-10-18(17)19/h3-11,14,21H,12-13,15H2,1-2H3/q+1. The van der Waals surface area contributed by atoms with Gasteiger partial charge in [-0.25, -0.2) is 0 Å². The number of quaternary nitrogens is 1. The van der Waals surface area contributed by atoms with Gasteiger partial charge in [-0.2, -0.15) is 0 Å². The molecule has 0 radical (unpaired) electrons. The lowest BCUT2D eigenvalue weighted by molar-refractivity contribution is -0.881. The van der Waals surface area contributed by atoms with Crippen LogP contribution in [0.15, 0.2) is 60.8 Å². The Morgan fingerprint density at radius 3 is 2.48 bits per heavy atom. The van der Waals surface area contributed by atoms with Crippen LogP contribution < -0.4 is 0 Å². The summed E-state index contributed by atoms with van der Waals surface area (Å²) in [6, 6.07) is 17.9. The molecule has 2 aromatic carbocycles. The van der Waals surface area contributed by atoms with Gasteiger partial charge >= 0.3 is 0 Å². The lowest BCUT2D eigenvalue weighted by Crippen LogP contribution is -2.45. The van der Waals surface area contributed by atoms with Gasteiger partial charge in [-0.3, -0.25) is 4.79 Å². The molecule has 3 nitrogen and oxygen atoms in total. The molecule has 1 N–H and O–H groups in total. The molecule has 0 saturated carbocycles. The third-order valence-corrected chi connectivity index (χ3v) is 4.33. The second kappa shape index (κ2) is 6.39. The van der Waals surface area contributed by atoms with Crippen LogP contribution in [0.25, 0.3) is 10.9 Å². The van der Waals surface area contributed by atoms with Crippen molar-refractivity contribution in [3.8, 4) is 0 Å². The van der Waals surface area contributed by atoms with Crippen LogP contribution in [-0.2, 0) is 6.42 Å². The molecule has 0 aliphatic carbocycles. The number of para-hydroxylation sites is 1. The minimum atomic E-state index is 0.203. The Morgan fingerprint density at radius 2 is 1.70 bits per heavy atom. The van der Waals surface area contributed by atoms with E-state index in [0.717, 1.165) is 18.5 Å². The number of benzene rings is 2. The van der Waals surface area contributed by atoms with Crippen molar-refractivity contribution >= 4 is 16.7 Å². The van der Waals surface area contributed by atoms with Crippen molar-refractivity contribution < 1.29 is 9.28 Å². The zero-order chi connectivity index (χ0) is 16.3. The van der Waals surface area contributed by atoms with Crippen LogP contribution in [0, 0.1) is 0 Å². The highest BCUT2D eigenvalue weighted by molar-refractivity contribution is 5.96. The van der Waals surface area contributed by atoms with E-state index in [1.54, 1.807) is 0 Å². The summed E-state index contributed by atoms with van der Waals surface area (Å²) in [6.07, 6.45) is 3.04. The number of aromatic amines is 1. The minimum absolute atomic E-state index is 0.203. The van der Waals surface area contributed by atoms with Gasteiger partial charge < -0.3 is 9.47 Å². The Balaban J connectivity index is 1.66. The number of Topliss-reactive ketones (excluding diaryl/α,β-unsaturated/α-hetero) is 1. The fraction of sp³-hybridized carbons (Fsp3) is 0.250. The quantitative estimate of drug-likeness (QED) is 0.547. The Kier molecular flexibility index (Phi) is 4.30. The second-order valence-electron chi connectivity index (χ2n) is 6.72. The third-order valence-electron chi connectivity index (χ3n) is 4.33.